The minimum Gasteiger partial charge on any atom is -0.508 e. The van der Waals surface area contributed by atoms with Gasteiger partial charge in [0, 0.05) is 12.6 Å². The molecule has 0 bridgehead atoms. The van der Waals surface area contributed by atoms with Crippen molar-refractivity contribution >= 4 is 22.6 Å². The van der Waals surface area contributed by atoms with Gasteiger partial charge in [0.2, 0.25) is 0 Å². The summed E-state index contributed by atoms with van der Waals surface area (Å²) in [6.45, 7) is 0. The molecule has 0 saturated heterocycles. The Balaban J connectivity index is 2.31. The quantitative estimate of drug-likeness (QED) is 0.724. The maximum atomic E-state index is 9.53. The number of aromatic nitrogens is 2. The predicted molar refractivity (Wildman–Crippen MR) is 72.8 cm³/mol. The van der Waals surface area contributed by atoms with Crippen LogP contribution in [-0.2, 0) is 7.05 Å². The van der Waals surface area contributed by atoms with Gasteiger partial charge in [0.1, 0.15) is 11.6 Å². The first-order chi connectivity index (χ1) is 8.66. The highest BCUT2D eigenvalue weighted by Gasteiger charge is 2.12. The lowest BCUT2D eigenvalue weighted by Gasteiger charge is -2.03. The number of nitrogens with zero attached hydrogens (tertiary/aromatic N) is 2. The fourth-order valence-corrected chi connectivity index (χ4v) is 2.42. The summed E-state index contributed by atoms with van der Waals surface area (Å²) in [6.07, 6.45) is 0. The zero-order valence-corrected chi connectivity index (χ0v) is 10.5. The summed E-state index contributed by atoms with van der Waals surface area (Å²) >= 11 is 6.18. The molecule has 0 fully saturated rings. The molecule has 0 amide bonds. The monoisotopic (exact) mass is 258 g/mol. The maximum absolute atomic E-state index is 9.53. The molecule has 2 aromatic carbocycles. The molecule has 0 saturated carbocycles. The van der Waals surface area contributed by atoms with Crippen LogP contribution < -0.4 is 0 Å². The Morgan fingerprint density at radius 2 is 1.94 bits per heavy atom. The highest BCUT2D eigenvalue weighted by Crippen LogP contribution is 2.29. The number of fused-ring (bicyclic) bond motifs is 1. The number of aromatic hydroxyl groups is 1. The van der Waals surface area contributed by atoms with Crippen molar-refractivity contribution in [2.45, 2.75) is 0 Å². The van der Waals surface area contributed by atoms with E-state index in [2.05, 4.69) is 4.98 Å². The Morgan fingerprint density at radius 1 is 1.17 bits per heavy atom. The third-order valence-electron chi connectivity index (χ3n) is 2.95. The first kappa shape index (κ1) is 11.1. The van der Waals surface area contributed by atoms with Crippen molar-refractivity contribution in [3.8, 4) is 17.1 Å². The highest BCUT2D eigenvalue weighted by molar-refractivity contribution is 6.35. The molecule has 0 radical (unpaired) electrons. The smallest absolute Gasteiger partial charge is 0.141 e. The molecule has 1 N–H and O–H groups in total. The lowest BCUT2D eigenvalue weighted by atomic mass is 10.2. The predicted octanol–water partition coefficient (Wildman–Crippen LogP) is 3.60. The van der Waals surface area contributed by atoms with E-state index in [4.69, 9.17) is 11.6 Å². The standard InChI is InChI=1S/C14H11ClN2O/c1-17-13-11(15)6-3-7-12(13)16-14(17)9-4-2-5-10(18)8-9/h2-8,18H,1H3. The van der Waals surface area contributed by atoms with Gasteiger partial charge in [-0.1, -0.05) is 29.8 Å². The van der Waals surface area contributed by atoms with Gasteiger partial charge in [0.25, 0.3) is 0 Å². The molecule has 0 aliphatic carbocycles. The largest absolute Gasteiger partial charge is 0.508 e. The number of phenolic OH excluding ortho intramolecular Hbond substituents is 1. The molecule has 3 nitrogen and oxygen atoms in total. The van der Waals surface area contributed by atoms with E-state index in [-0.39, 0.29) is 5.75 Å². The fraction of sp³-hybridized carbons (Fsp3) is 0.0714. The van der Waals surface area contributed by atoms with Crippen LogP contribution in [0, 0.1) is 0 Å². The van der Waals surface area contributed by atoms with Gasteiger partial charge < -0.3 is 9.67 Å². The van der Waals surface area contributed by atoms with Gasteiger partial charge in [-0.25, -0.2) is 4.98 Å². The van der Waals surface area contributed by atoms with Gasteiger partial charge in [-0.3, -0.25) is 0 Å². The van der Waals surface area contributed by atoms with Gasteiger partial charge >= 0.3 is 0 Å². The Labute approximate surface area is 109 Å². The minimum atomic E-state index is 0.227. The normalized spacial score (nSPS) is 11.0. The van der Waals surface area contributed by atoms with Crippen LogP contribution >= 0.6 is 11.6 Å². The van der Waals surface area contributed by atoms with E-state index >= 15 is 0 Å². The lowest BCUT2D eigenvalue weighted by Crippen LogP contribution is -1.92. The topological polar surface area (TPSA) is 38.0 Å². The van der Waals surface area contributed by atoms with Crippen LogP contribution in [0.1, 0.15) is 0 Å². The van der Waals surface area contributed by atoms with Gasteiger partial charge in [0.05, 0.1) is 16.1 Å². The number of rotatable bonds is 1. The van der Waals surface area contributed by atoms with Crippen molar-refractivity contribution in [2.75, 3.05) is 0 Å². The summed E-state index contributed by atoms with van der Waals surface area (Å²) in [6, 6.07) is 12.7. The van der Waals surface area contributed by atoms with Crippen molar-refractivity contribution in [2.24, 2.45) is 7.05 Å². The minimum absolute atomic E-state index is 0.227. The number of hydrogen-bond acceptors (Lipinski definition) is 2. The molecule has 90 valence electrons. The van der Waals surface area contributed by atoms with Gasteiger partial charge in [0.15, 0.2) is 0 Å². The number of phenols is 1. The van der Waals surface area contributed by atoms with Crippen molar-refractivity contribution < 1.29 is 5.11 Å². The second kappa shape index (κ2) is 4.03. The number of para-hydroxylation sites is 1. The molecule has 18 heavy (non-hydrogen) atoms. The Kier molecular flexibility index (Phi) is 2.49. The average Bonchev–Trinajstić information content (AvgIpc) is 2.68. The average molecular weight is 259 g/mol. The van der Waals surface area contributed by atoms with Crippen LogP contribution in [0.15, 0.2) is 42.5 Å². The van der Waals surface area contributed by atoms with Crippen LogP contribution in [0.5, 0.6) is 5.75 Å². The molecule has 3 aromatic rings. The molecule has 0 atom stereocenters. The van der Waals surface area contributed by atoms with E-state index in [9.17, 15) is 5.11 Å². The number of halogens is 1. The first-order valence-corrected chi connectivity index (χ1v) is 5.95. The Bertz CT molecular complexity index is 734. The second-order valence-electron chi connectivity index (χ2n) is 4.15. The van der Waals surface area contributed by atoms with Gasteiger partial charge in [-0.2, -0.15) is 0 Å². The number of imidazole rings is 1. The Morgan fingerprint density at radius 3 is 2.67 bits per heavy atom. The summed E-state index contributed by atoms with van der Waals surface area (Å²) < 4.78 is 1.94. The maximum Gasteiger partial charge on any atom is 0.141 e. The van der Waals surface area contributed by atoms with Crippen LogP contribution in [0.2, 0.25) is 5.02 Å². The van der Waals surface area contributed by atoms with Gasteiger partial charge in [-0.15, -0.1) is 0 Å². The number of benzene rings is 2. The summed E-state index contributed by atoms with van der Waals surface area (Å²) in [5.41, 5.74) is 2.62. The second-order valence-corrected chi connectivity index (χ2v) is 4.56. The molecule has 0 spiro atoms. The molecule has 3 rings (SSSR count). The van der Waals surface area contributed by atoms with E-state index in [1.807, 2.05) is 35.9 Å². The van der Waals surface area contributed by atoms with Crippen molar-refractivity contribution in [1.82, 2.24) is 9.55 Å². The SMILES string of the molecule is Cn1c(-c2cccc(O)c2)nc2cccc(Cl)c21. The third kappa shape index (κ3) is 1.64. The molecule has 0 aliphatic rings. The molecule has 0 unspecified atom stereocenters. The fourth-order valence-electron chi connectivity index (χ4n) is 2.12. The van der Waals surface area contributed by atoms with Crippen LogP contribution in [0.25, 0.3) is 22.4 Å². The van der Waals surface area contributed by atoms with Crippen LogP contribution in [0.4, 0.5) is 0 Å². The van der Waals surface area contributed by atoms with Crippen LogP contribution in [0.3, 0.4) is 0 Å². The van der Waals surface area contributed by atoms with E-state index < -0.39 is 0 Å². The molecule has 1 heterocycles. The number of hydrogen-bond donors (Lipinski definition) is 1. The Hall–Kier alpha value is -2.00. The van der Waals surface area contributed by atoms with Crippen molar-refractivity contribution in [3.63, 3.8) is 0 Å². The van der Waals surface area contributed by atoms with Gasteiger partial charge in [-0.05, 0) is 24.3 Å². The highest BCUT2D eigenvalue weighted by atomic mass is 35.5. The van der Waals surface area contributed by atoms with Crippen LogP contribution in [-0.4, -0.2) is 14.7 Å². The number of aryl methyl sites for hydroxylation is 1. The molecular weight excluding hydrogens is 248 g/mol. The summed E-state index contributed by atoms with van der Waals surface area (Å²) in [5.74, 6) is 1.01. The molecule has 0 aliphatic heterocycles. The van der Waals surface area contributed by atoms with E-state index in [1.54, 1.807) is 18.2 Å². The first-order valence-electron chi connectivity index (χ1n) is 5.57. The van der Waals surface area contributed by atoms with Crippen molar-refractivity contribution in [3.05, 3.63) is 47.5 Å². The zero-order valence-electron chi connectivity index (χ0n) is 9.76. The van der Waals surface area contributed by atoms with E-state index in [0.717, 1.165) is 22.4 Å². The summed E-state index contributed by atoms with van der Waals surface area (Å²) in [5, 5.41) is 10.2. The summed E-state index contributed by atoms with van der Waals surface area (Å²) in [4.78, 5) is 4.55. The molecule has 1 aromatic heterocycles. The summed E-state index contributed by atoms with van der Waals surface area (Å²) in [7, 11) is 1.92. The van der Waals surface area contributed by atoms with E-state index in [1.165, 1.54) is 0 Å². The van der Waals surface area contributed by atoms with Crippen molar-refractivity contribution in [1.29, 1.82) is 0 Å². The van der Waals surface area contributed by atoms with E-state index in [0.29, 0.717) is 5.02 Å². The lowest BCUT2D eigenvalue weighted by molar-refractivity contribution is 0.475. The molecular formula is C14H11ClN2O. The molecule has 4 heteroatoms. The zero-order chi connectivity index (χ0) is 12.7. The third-order valence-corrected chi connectivity index (χ3v) is 3.25.